The minimum atomic E-state index is -1.44. The van der Waals surface area contributed by atoms with E-state index in [2.05, 4.69) is 10.3 Å². The van der Waals surface area contributed by atoms with Crippen LogP contribution in [0.3, 0.4) is 0 Å². The van der Waals surface area contributed by atoms with Crippen molar-refractivity contribution in [1.29, 1.82) is 0 Å². The van der Waals surface area contributed by atoms with Gasteiger partial charge in [-0.05, 0) is 39.8 Å². The molecule has 1 rings (SSSR count). The van der Waals surface area contributed by atoms with Crippen LogP contribution in [-0.4, -0.2) is 23.0 Å². The minimum Gasteiger partial charge on any atom is -0.444 e. The van der Waals surface area contributed by atoms with Crippen LogP contribution in [0.1, 0.15) is 33.4 Å². The zero-order chi connectivity index (χ0) is 14.7. The lowest BCUT2D eigenvalue weighted by Crippen LogP contribution is -2.47. The van der Waals surface area contributed by atoms with E-state index in [0.717, 1.165) is 12.1 Å². The summed E-state index contributed by atoms with van der Waals surface area (Å²) in [6.07, 6.45) is 0.940. The number of hydrogen-bond donors (Lipinski definition) is 1. The van der Waals surface area contributed by atoms with Gasteiger partial charge in [0.2, 0.25) is 0 Å². The van der Waals surface area contributed by atoms with Gasteiger partial charge in [0.1, 0.15) is 17.0 Å². The molecule has 6 heteroatoms. The first-order chi connectivity index (χ1) is 8.66. The smallest absolute Gasteiger partial charge is 0.408 e. The molecule has 1 heterocycles. The Hall–Kier alpha value is -1.98. The number of aromatic nitrogens is 1. The molecule has 1 N–H and O–H groups in total. The fourth-order valence-corrected chi connectivity index (χ4v) is 1.36. The van der Waals surface area contributed by atoms with Gasteiger partial charge in [-0.15, -0.1) is 0 Å². The third kappa shape index (κ3) is 4.31. The van der Waals surface area contributed by atoms with Crippen molar-refractivity contribution in [2.24, 2.45) is 0 Å². The standard InChI is InChI=1S/C13H17FN2O3/c1-12(2,3)19-11(18)16-13(4,8-17)10-7-9(14)5-6-15-10/h5-8H,1-4H3,(H,16,18). The molecule has 0 bridgehead atoms. The van der Waals surface area contributed by atoms with Gasteiger partial charge in [-0.25, -0.2) is 9.18 Å². The lowest BCUT2D eigenvalue weighted by Gasteiger charge is -2.27. The van der Waals surface area contributed by atoms with Crippen LogP contribution in [0.15, 0.2) is 18.3 Å². The van der Waals surface area contributed by atoms with Crippen molar-refractivity contribution < 1.29 is 18.7 Å². The number of amides is 1. The number of ether oxygens (including phenoxy) is 1. The Morgan fingerprint density at radius 3 is 2.53 bits per heavy atom. The lowest BCUT2D eigenvalue weighted by atomic mass is 9.99. The Balaban J connectivity index is 2.93. The van der Waals surface area contributed by atoms with Crippen LogP contribution in [0.2, 0.25) is 0 Å². The highest BCUT2D eigenvalue weighted by molar-refractivity contribution is 5.77. The van der Waals surface area contributed by atoms with Crippen LogP contribution >= 0.6 is 0 Å². The summed E-state index contributed by atoms with van der Waals surface area (Å²) in [5.41, 5.74) is -2.03. The number of nitrogens with one attached hydrogen (secondary N) is 1. The maximum atomic E-state index is 13.1. The van der Waals surface area contributed by atoms with E-state index in [1.165, 1.54) is 13.1 Å². The molecule has 0 aliphatic heterocycles. The molecule has 0 saturated heterocycles. The Kier molecular flexibility index (Phi) is 4.24. The second-order valence-corrected chi connectivity index (χ2v) is 5.31. The Labute approximate surface area is 111 Å². The third-order valence-corrected chi connectivity index (χ3v) is 2.25. The monoisotopic (exact) mass is 268 g/mol. The first kappa shape index (κ1) is 15.1. The summed E-state index contributed by atoms with van der Waals surface area (Å²) in [6.45, 7) is 6.52. The first-order valence-electron chi connectivity index (χ1n) is 5.76. The van der Waals surface area contributed by atoms with Gasteiger partial charge < -0.3 is 14.8 Å². The van der Waals surface area contributed by atoms with Crippen LogP contribution in [-0.2, 0) is 15.1 Å². The van der Waals surface area contributed by atoms with E-state index >= 15 is 0 Å². The van der Waals surface area contributed by atoms with Crippen molar-refractivity contribution in [3.8, 4) is 0 Å². The van der Waals surface area contributed by atoms with Gasteiger partial charge in [-0.2, -0.15) is 0 Å². The van der Waals surface area contributed by atoms with E-state index in [1.807, 2.05) is 0 Å². The number of hydrogen-bond acceptors (Lipinski definition) is 4. The van der Waals surface area contributed by atoms with Crippen molar-refractivity contribution in [2.75, 3.05) is 0 Å². The molecule has 0 fully saturated rings. The predicted octanol–water partition coefficient (Wildman–Crippen LogP) is 2.16. The van der Waals surface area contributed by atoms with Gasteiger partial charge in [0, 0.05) is 6.20 Å². The van der Waals surface area contributed by atoms with E-state index in [4.69, 9.17) is 4.74 Å². The number of aldehydes is 1. The number of halogens is 1. The highest BCUT2D eigenvalue weighted by Gasteiger charge is 2.32. The zero-order valence-corrected chi connectivity index (χ0v) is 11.4. The number of nitrogens with zero attached hydrogens (tertiary/aromatic N) is 1. The van der Waals surface area contributed by atoms with Gasteiger partial charge >= 0.3 is 6.09 Å². The Morgan fingerprint density at radius 2 is 2.05 bits per heavy atom. The minimum absolute atomic E-state index is 0.105. The van der Waals surface area contributed by atoms with Gasteiger partial charge in [0.15, 0.2) is 6.29 Å². The Morgan fingerprint density at radius 1 is 1.42 bits per heavy atom. The highest BCUT2D eigenvalue weighted by atomic mass is 19.1. The molecule has 1 aromatic rings. The molecule has 0 spiro atoms. The van der Waals surface area contributed by atoms with E-state index in [-0.39, 0.29) is 5.69 Å². The third-order valence-electron chi connectivity index (χ3n) is 2.25. The largest absolute Gasteiger partial charge is 0.444 e. The van der Waals surface area contributed by atoms with E-state index in [0.29, 0.717) is 6.29 Å². The average Bonchev–Trinajstić information content (AvgIpc) is 2.26. The van der Waals surface area contributed by atoms with Gasteiger partial charge in [0.05, 0.1) is 5.69 Å². The van der Waals surface area contributed by atoms with Gasteiger partial charge in [0.25, 0.3) is 0 Å². The van der Waals surface area contributed by atoms with Gasteiger partial charge in [-0.3, -0.25) is 4.98 Å². The molecule has 0 aliphatic carbocycles. The lowest BCUT2D eigenvalue weighted by molar-refractivity contribution is -0.113. The highest BCUT2D eigenvalue weighted by Crippen LogP contribution is 2.18. The van der Waals surface area contributed by atoms with Gasteiger partial charge in [-0.1, -0.05) is 0 Å². The molecular weight excluding hydrogens is 251 g/mol. The fraction of sp³-hybridized carbons (Fsp3) is 0.462. The molecule has 19 heavy (non-hydrogen) atoms. The molecule has 1 unspecified atom stereocenters. The summed E-state index contributed by atoms with van der Waals surface area (Å²) in [4.78, 5) is 26.8. The molecule has 0 aliphatic rings. The fourth-order valence-electron chi connectivity index (χ4n) is 1.36. The number of rotatable bonds is 3. The molecule has 0 saturated carbocycles. The van der Waals surface area contributed by atoms with Crippen molar-refractivity contribution in [3.63, 3.8) is 0 Å². The zero-order valence-electron chi connectivity index (χ0n) is 11.4. The van der Waals surface area contributed by atoms with E-state index in [9.17, 15) is 14.0 Å². The van der Waals surface area contributed by atoms with Crippen molar-refractivity contribution in [2.45, 2.75) is 38.8 Å². The number of alkyl carbamates (subject to hydrolysis) is 1. The van der Waals surface area contributed by atoms with Crippen molar-refractivity contribution >= 4 is 12.4 Å². The Bertz CT molecular complexity index is 485. The predicted molar refractivity (Wildman–Crippen MR) is 67.0 cm³/mol. The SMILES string of the molecule is CC(C)(C)OC(=O)NC(C)(C=O)c1cc(F)ccn1. The van der Waals surface area contributed by atoms with Crippen LogP contribution in [0.25, 0.3) is 0 Å². The summed E-state index contributed by atoms with van der Waals surface area (Å²) >= 11 is 0. The number of pyridine rings is 1. The molecule has 0 aromatic carbocycles. The van der Waals surface area contributed by atoms with Crippen LogP contribution in [0, 0.1) is 5.82 Å². The molecule has 5 nitrogen and oxygen atoms in total. The van der Waals surface area contributed by atoms with E-state index in [1.54, 1.807) is 20.8 Å². The normalized spacial score (nSPS) is 14.4. The molecule has 0 radical (unpaired) electrons. The second-order valence-electron chi connectivity index (χ2n) is 5.31. The second kappa shape index (κ2) is 5.34. The summed E-state index contributed by atoms with van der Waals surface area (Å²) in [7, 11) is 0. The molecule has 1 atom stereocenters. The summed E-state index contributed by atoms with van der Waals surface area (Å²) in [6, 6.07) is 2.24. The van der Waals surface area contributed by atoms with Crippen LogP contribution in [0.5, 0.6) is 0 Å². The topological polar surface area (TPSA) is 68.3 Å². The van der Waals surface area contributed by atoms with E-state index < -0.39 is 23.1 Å². The quantitative estimate of drug-likeness (QED) is 0.853. The summed E-state index contributed by atoms with van der Waals surface area (Å²) in [5, 5.41) is 2.38. The molecule has 104 valence electrons. The summed E-state index contributed by atoms with van der Waals surface area (Å²) < 4.78 is 18.2. The molecule has 1 aromatic heterocycles. The number of carbonyl (C=O) groups excluding carboxylic acids is 2. The maximum Gasteiger partial charge on any atom is 0.408 e. The van der Waals surface area contributed by atoms with Crippen molar-refractivity contribution in [3.05, 3.63) is 29.8 Å². The van der Waals surface area contributed by atoms with Crippen LogP contribution in [0.4, 0.5) is 9.18 Å². The first-order valence-corrected chi connectivity index (χ1v) is 5.76. The maximum absolute atomic E-state index is 13.1. The van der Waals surface area contributed by atoms with Crippen LogP contribution < -0.4 is 5.32 Å². The average molecular weight is 268 g/mol. The molecular formula is C13H17FN2O3. The van der Waals surface area contributed by atoms with Crippen molar-refractivity contribution in [1.82, 2.24) is 10.3 Å². The molecule has 1 amide bonds. The summed E-state index contributed by atoms with van der Waals surface area (Å²) in [5.74, 6) is -0.538. The number of carbonyl (C=O) groups is 2.